The van der Waals surface area contributed by atoms with E-state index in [9.17, 15) is 14.4 Å². The molecular weight excluding hydrogens is 476 g/mol. The number of carbonyl (C=O) groups is 3. The Balaban J connectivity index is 1.72. The zero-order chi connectivity index (χ0) is 26.8. The Morgan fingerprint density at radius 2 is 1.84 bits per heavy atom. The number of rotatable bonds is 8. The van der Waals surface area contributed by atoms with Crippen molar-refractivity contribution in [2.45, 2.75) is 64.2 Å². The highest BCUT2D eigenvalue weighted by Gasteiger charge is 2.59. The number of imide groups is 1. The first-order valence-corrected chi connectivity index (χ1v) is 12.3. The van der Waals surface area contributed by atoms with Gasteiger partial charge in [0, 0.05) is 37.5 Å². The van der Waals surface area contributed by atoms with Crippen LogP contribution >= 0.6 is 0 Å². The van der Waals surface area contributed by atoms with Crippen LogP contribution in [0.4, 0.5) is 5.69 Å². The molecule has 2 atom stereocenters. The molecule has 2 aliphatic heterocycles. The highest BCUT2D eigenvalue weighted by atomic mass is 16.6. The average Bonchev–Trinajstić information content (AvgIpc) is 3.24. The molecule has 2 aromatic rings. The molecular formula is C28H32N2O7. The van der Waals surface area contributed by atoms with Gasteiger partial charge in [0.1, 0.15) is 11.4 Å². The smallest absolute Gasteiger partial charge is 0.306 e. The molecule has 4 rings (SSSR count). The van der Waals surface area contributed by atoms with Crippen LogP contribution in [-0.4, -0.2) is 53.1 Å². The largest absolute Gasteiger partial charge is 0.494 e. The highest BCUT2D eigenvalue weighted by Crippen LogP contribution is 2.50. The lowest BCUT2D eigenvalue weighted by molar-refractivity contribution is -0.155. The van der Waals surface area contributed by atoms with E-state index in [1.165, 1.54) is 6.92 Å². The van der Waals surface area contributed by atoms with Crippen LogP contribution < -0.4 is 9.64 Å². The minimum absolute atomic E-state index is 0.00931. The van der Waals surface area contributed by atoms with Gasteiger partial charge >= 0.3 is 5.97 Å². The quantitative estimate of drug-likeness (QED) is 0.427. The van der Waals surface area contributed by atoms with Crippen molar-refractivity contribution >= 4 is 29.4 Å². The van der Waals surface area contributed by atoms with Crippen LogP contribution in [0, 0.1) is 0 Å². The molecule has 0 spiro atoms. The van der Waals surface area contributed by atoms with E-state index in [1.54, 1.807) is 63.2 Å². The van der Waals surface area contributed by atoms with Crippen LogP contribution in [0.25, 0.3) is 0 Å². The highest BCUT2D eigenvalue weighted by molar-refractivity contribution is 6.21. The zero-order valence-corrected chi connectivity index (χ0v) is 21.5. The molecule has 9 nitrogen and oxygen atoms in total. The van der Waals surface area contributed by atoms with Crippen molar-refractivity contribution in [2.75, 3.05) is 18.1 Å². The molecule has 0 radical (unpaired) electrons. The fraction of sp³-hybridized carbons (Fsp3) is 0.429. The van der Waals surface area contributed by atoms with E-state index in [-0.39, 0.29) is 25.3 Å². The number of amides is 2. The van der Waals surface area contributed by atoms with Gasteiger partial charge in [-0.1, -0.05) is 18.2 Å². The van der Waals surface area contributed by atoms with Gasteiger partial charge < -0.3 is 19.3 Å². The van der Waals surface area contributed by atoms with Crippen molar-refractivity contribution in [2.24, 2.45) is 4.99 Å². The third-order valence-corrected chi connectivity index (χ3v) is 6.12. The number of aliphatic hydroxyl groups excluding tert-OH is 1. The molecule has 37 heavy (non-hydrogen) atoms. The number of aliphatic imine (C=N–C) groups is 1. The molecule has 0 unspecified atom stereocenters. The number of aliphatic hydroxyl groups is 1. The van der Waals surface area contributed by atoms with Gasteiger partial charge in [0.25, 0.3) is 5.91 Å². The number of nitrogens with zero attached hydrogens (tertiary/aromatic N) is 2. The number of esters is 1. The molecule has 2 aliphatic rings. The number of hydrogen-bond acceptors (Lipinski definition) is 8. The predicted octanol–water partition coefficient (Wildman–Crippen LogP) is 3.72. The lowest BCUT2D eigenvalue weighted by Gasteiger charge is -2.40. The maximum Gasteiger partial charge on any atom is 0.306 e. The van der Waals surface area contributed by atoms with Crippen molar-refractivity contribution in [3.63, 3.8) is 0 Å². The van der Waals surface area contributed by atoms with Gasteiger partial charge in [0.15, 0.2) is 11.6 Å². The van der Waals surface area contributed by atoms with E-state index >= 15 is 0 Å². The van der Waals surface area contributed by atoms with Crippen molar-refractivity contribution in [3.05, 3.63) is 59.7 Å². The molecule has 1 N–H and O–H groups in total. The van der Waals surface area contributed by atoms with Crippen LogP contribution in [0.3, 0.4) is 0 Å². The molecule has 2 aromatic carbocycles. The Morgan fingerprint density at radius 3 is 2.49 bits per heavy atom. The minimum atomic E-state index is -1.51. The normalized spacial score (nSPS) is 20.5. The molecule has 0 bridgehead atoms. The summed E-state index contributed by atoms with van der Waals surface area (Å²) >= 11 is 0. The van der Waals surface area contributed by atoms with Crippen molar-refractivity contribution in [3.8, 4) is 5.75 Å². The number of hydrogen-bond donors (Lipinski definition) is 1. The summed E-state index contributed by atoms with van der Waals surface area (Å²) in [5.74, 6) is -0.580. The Hall–Kier alpha value is -3.72. The number of fused-ring (bicyclic) bond motifs is 3. The maximum absolute atomic E-state index is 13.9. The summed E-state index contributed by atoms with van der Waals surface area (Å²) in [7, 11) is 0. The van der Waals surface area contributed by atoms with Gasteiger partial charge in [0.05, 0.1) is 12.3 Å². The number of para-hydroxylation sites is 1. The number of carbonyl (C=O) groups excluding carboxylic acids is 3. The third kappa shape index (κ3) is 5.36. The Bertz CT molecular complexity index is 1220. The fourth-order valence-electron chi connectivity index (χ4n) is 4.54. The second-order valence-electron chi connectivity index (χ2n) is 10.1. The summed E-state index contributed by atoms with van der Waals surface area (Å²) in [6.45, 7) is 7.08. The minimum Gasteiger partial charge on any atom is -0.494 e. The van der Waals surface area contributed by atoms with Crippen molar-refractivity contribution < 1.29 is 33.7 Å². The Labute approximate surface area is 216 Å². The van der Waals surface area contributed by atoms with Crippen LogP contribution in [0.2, 0.25) is 0 Å². The van der Waals surface area contributed by atoms with Gasteiger partial charge in [-0.05, 0) is 57.5 Å². The fourth-order valence-corrected chi connectivity index (χ4v) is 4.54. The molecule has 9 heteroatoms. The monoisotopic (exact) mass is 508 g/mol. The van der Waals surface area contributed by atoms with Crippen LogP contribution in [-0.2, 0) is 23.9 Å². The SMILES string of the molecule is CC(=O)N1C(=O)[C@@]2(CCC(=O)OC(C)(C)C)N=C(c3ccc(OCCCO)cc3)O[C@H]2c2ccccc21. The van der Waals surface area contributed by atoms with Crippen molar-refractivity contribution in [1.82, 2.24) is 0 Å². The maximum atomic E-state index is 13.9. The van der Waals surface area contributed by atoms with Crippen LogP contribution in [0.15, 0.2) is 53.5 Å². The Morgan fingerprint density at radius 1 is 1.14 bits per heavy atom. The molecule has 0 aliphatic carbocycles. The van der Waals surface area contributed by atoms with Gasteiger partial charge in [-0.15, -0.1) is 0 Å². The van der Waals surface area contributed by atoms with E-state index in [2.05, 4.69) is 0 Å². The van der Waals surface area contributed by atoms with E-state index in [0.717, 1.165) is 4.90 Å². The number of ether oxygens (including phenoxy) is 3. The summed E-state index contributed by atoms with van der Waals surface area (Å²) in [5.41, 5.74) is -0.473. The van der Waals surface area contributed by atoms with Crippen LogP contribution in [0.5, 0.6) is 5.75 Å². The lowest BCUT2D eigenvalue weighted by atomic mass is 9.79. The first kappa shape index (κ1) is 26.3. The summed E-state index contributed by atoms with van der Waals surface area (Å²) in [5, 5.41) is 8.94. The molecule has 0 aromatic heterocycles. The summed E-state index contributed by atoms with van der Waals surface area (Å²) in [6, 6.07) is 14.1. The molecule has 196 valence electrons. The first-order chi connectivity index (χ1) is 17.6. The molecule has 0 saturated heterocycles. The third-order valence-electron chi connectivity index (χ3n) is 6.12. The average molecular weight is 509 g/mol. The summed E-state index contributed by atoms with van der Waals surface area (Å²) < 4.78 is 17.4. The summed E-state index contributed by atoms with van der Waals surface area (Å²) in [6.07, 6.45) is -0.363. The standard InChI is InChI=1S/C28H32N2O7/c1-18(32)30-22-9-6-5-8-21(22)24-28(26(30)34,15-14-23(33)37-27(2,3)4)29-25(36-24)19-10-12-20(13-11-19)35-17-7-16-31/h5-6,8-13,24,31H,7,14-17H2,1-4H3/t24-,28-/m0/s1. The topological polar surface area (TPSA) is 115 Å². The van der Waals surface area contributed by atoms with Crippen LogP contribution in [0.1, 0.15) is 64.2 Å². The van der Waals surface area contributed by atoms with Crippen molar-refractivity contribution in [1.29, 1.82) is 0 Å². The predicted molar refractivity (Wildman–Crippen MR) is 136 cm³/mol. The Kier molecular flexibility index (Phi) is 7.36. The zero-order valence-electron chi connectivity index (χ0n) is 21.5. The summed E-state index contributed by atoms with van der Waals surface area (Å²) in [4.78, 5) is 45.1. The van der Waals surface area contributed by atoms with Gasteiger partial charge in [-0.2, -0.15) is 0 Å². The van der Waals surface area contributed by atoms with Gasteiger partial charge in [-0.3, -0.25) is 14.4 Å². The second kappa shape index (κ2) is 10.3. The van der Waals surface area contributed by atoms with Gasteiger partial charge in [-0.25, -0.2) is 9.89 Å². The molecule has 2 heterocycles. The molecule has 0 saturated carbocycles. The molecule has 2 amide bonds. The first-order valence-electron chi connectivity index (χ1n) is 12.3. The second-order valence-corrected chi connectivity index (χ2v) is 10.1. The van der Waals surface area contributed by atoms with Gasteiger partial charge in [0.2, 0.25) is 11.8 Å². The van der Waals surface area contributed by atoms with E-state index in [1.807, 2.05) is 6.07 Å². The van der Waals surface area contributed by atoms with E-state index in [0.29, 0.717) is 35.6 Å². The molecule has 0 fully saturated rings. The lowest BCUT2D eigenvalue weighted by Crippen LogP contribution is -2.56. The van der Waals surface area contributed by atoms with E-state index < -0.39 is 35.0 Å². The number of anilines is 1. The number of benzene rings is 2. The van der Waals surface area contributed by atoms with E-state index in [4.69, 9.17) is 24.3 Å².